The summed E-state index contributed by atoms with van der Waals surface area (Å²) in [7, 11) is 0. The van der Waals surface area contributed by atoms with Gasteiger partial charge in [0.15, 0.2) is 23.2 Å². The van der Waals surface area contributed by atoms with Gasteiger partial charge in [-0.05, 0) is 12.1 Å². The Morgan fingerprint density at radius 2 is 1.77 bits per heavy atom. The second kappa shape index (κ2) is 13.0. The Labute approximate surface area is 223 Å². The van der Waals surface area contributed by atoms with Gasteiger partial charge in [0.1, 0.15) is 11.9 Å². The number of benzene rings is 1. The molecule has 0 saturated carbocycles. The summed E-state index contributed by atoms with van der Waals surface area (Å²) in [5.74, 6) is -3.52. The molecule has 4 rings (SSSR count). The van der Waals surface area contributed by atoms with Crippen LogP contribution >= 0.6 is 0 Å². The van der Waals surface area contributed by atoms with Gasteiger partial charge in [-0.1, -0.05) is 0 Å². The molecular weight excluding hydrogens is 555 g/mol. The van der Waals surface area contributed by atoms with Crippen molar-refractivity contribution in [1.29, 1.82) is 0 Å². The molecule has 0 aliphatic carbocycles. The zero-order valence-corrected chi connectivity index (χ0v) is 21.2. The van der Waals surface area contributed by atoms with Gasteiger partial charge in [0.25, 0.3) is 6.43 Å². The van der Waals surface area contributed by atoms with Crippen LogP contribution in [0.1, 0.15) is 31.2 Å². The number of amides is 1. The summed E-state index contributed by atoms with van der Waals surface area (Å²) < 4.78 is 90.2. The maximum absolute atomic E-state index is 13.9. The predicted molar refractivity (Wildman–Crippen MR) is 127 cm³/mol. The molecule has 3 heterocycles. The molecule has 0 bridgehead atoms. The monoisotopic (exact) mass is 581 g/mol. The van der Waals surface area contributed by atoms with Crippen LogP contribution in [0.4, 0.5) is 42.4 Å². The Hall–Kier alpha value is -3.85. The number of halogens is 7. The molecule has 0 unspecified atom stereocenters. The number of hydrogen-bond donors (Lipinski definition) is 2. The van der Waals surface area contributed by atoms with Crippen LogP contribution in [0.25, 0.3) is 0 Å². The molecule has 40 heavy (non-hydrogen) atoms. The van der Waals surface area contributed by atoms with E-state index in [9.17, 15) is 35.5 Å². The molecule has 2 N–H and O–H groups in total. The fourth-order valence-electron chi connectivity index (χ4n) is 4.04. The van der Waals surface area contributed by atoms with Crippen molar-refractivity contribution in [1.82, 2.24) is 14.9 Å². The molecule has 16 heteroatoms. The third-order valence-electron chi connectivity index (χ3n) is 6.03. The number of hydrogen-bond acceptors (Lipinski definition) is 7. The zero-order valence-electron chi connectivity index (χ0n) is 21.2. The summed E-state index contributed by atoms with van der Waals surface area (Å²) in [6, 6.07) is 3.19. The Kier molecular flexibility index (Phi) is 9.98. The predicted octanol–water partition coefficient (Wildman–Crippen LogP) is 4.02. The second-order valence-corrected chi connectivity index (χ2v) is 8.93. The highest BCUT2D eigenvalue weighted by Crippen LogP contribution is 2.30. The normalized spacial score (nSPS) is 15.7. The summed E-state index contributed by atoms with van der Waals surface area (Å²) in [6.07, 6.45) is -6.29. The van der Waals surface area contributed by atoms with E-state index in [-0.39, 0.29) is 23.6 Å². The second-order valence-electron chi connectivity index (χ2n) is 8.93. The fraction of sp³-hybridized carbons (Fsp3) is 0.500. The van der Waals surface area contributed by atoms with Crippen molar-refractivity contribution >= 4 is 23.5 Å². The minimum Gasteiger partial charge on any atom is -0.487 e. The van der Waals surface area contributed by atoms with Gasteiger partial charge in [0.2, 0.25) is 5.91 Å². The molecule has 0 spiro atoms. The lowest BCUT2D eigenvalue weighted by Crippen LogP contribution is -2.40. The van der Waals surface area contributed by atoms with Gasteiger partial charge >= 0.3 is 12.1 Å². The van der Waals surface area contributed by atoms with Gasteiger partial charge in [-0.15, -0.1) is 0 Å². The quantitative estimate of drug-likeness (QED) is 0.493. The number of piperidine rings is 1. The summed E-state index contributed by atoms with van der Waals surface area (Å²) in [4.78, 5) is 33.5. The lowest BCUT2D eigenvalue weighted by atomic mass is 10.1. The number of alkyl halides is 5. The molecule has 0 atom stereocenters. The maximum atomic E-state index is 13.9. The number of aliphatic carboxylic acids is 1. The van der Waals surface area contributed by atoms with Crippen LogP contribution in [0.2, 0.25) is 0 Å². The Morgan fingerprint density at radius 1 is 1.12 bits per heavy atom. The molecule has 2 aliphatic heterocycles. The molecule has 220 valence electrons. The minimum atomic E-state index is -5.08. The van der Waals surface area contributed by atoms with Crippen LogP contribution in [-0.4, -0.2) is 76.7 Å². The molecule has 9 nitrogen and oxygen atoms in total. The number of aromatic nitrogens is 2. The minimum absolute atomic E-state index is 0.00210. The van der Waals surface area contributed by atoms with Crippen LogP contribution in [0, 0.1) is 11.6 Å². The largest absolute Gasteiger partial charge is 0.490 e. The number of fused-ring (bicyclic) bond motifs is 1. The number of ether oxygens (including phenoxy) is 1. The van der Waals surface area contributed by atoms with Crippen LogP contribution in [0.3, 0.4) is 0 Å². The molecule has 1 aromatic heterocycles. The average molecular weight is 581 g/mol. The highest BCUT2D eigenvalue weighted by atomic mass is 19.4. The first-order valence-corrected chi connectivity index (χ1v) is 12.1. The summed E-state index contributed by atoms with van der Waals surface area (Å²) >= 11 is 0. The number of anilines is 2. The summed E-state index contributed by atoms with van der Waals surface area (Å²) in [5, 5.41) is 9.81. The van der Waals surface area contributed by atoms with Crippen molar-refractivity contribution in [2.24, 2.45) is 0 Å². The van der Waals surface area contributed by atoms with Crippen LogP contribution < -0.4 is 15.0 Å². The first-order chi connectivity index (χ1) is 18.7. The Morgan fingerprint density at radius 3 is 2.33 bits per heavy atom. The van der Waals surface area contributed by atoms with Crippen LogP contribution in [0.15, 0.2) is 18.2 Å². The Bertz CT molecular complexity index is 1210. The molecule has 2 aliphatic rings. The number of rotatable bonds is 6. The van der Waals surface area contributed by atoms with Gasteiger partial charge in [-0.25, -0.2) is 32.3 Å². The molecule has 0 radical (unpaired) electrons. The smallest absolute Gasteiger partial charge is 0.487 e. The molecule has 1 aromatic carbocycles. The first-order valence-electron chi connectivity index (χ1n) is 12.1. The van der Waals surface area contributed by atoms with Gasteiger partial charge in [-0.3, -0.25) is 4.79 Å². The van der Waals surface area contributed by atoms with Crippen molar-refractivity contribution in [3.05, 3.63) is 41.2 Å². The van der Waals surface area contributed by atoms with Gasteiger partial charge in [0, 0.05) is 51.9 Å². The highest BCUT2D eigenvalue weighted by Gasteiger charge is 2.38. The Balaban J connectivity index is 0.000000559. The maximum Gasteiger partial charge on any atom is 0.490 e. The van der Waals surface area contributed by atoms with Gasteiger partial charge < -0.3 is 25.0 Å². The van der Waals surface area contributed by atoms with E-state index < -0.39 is 36.8 Å². The van der Waals surface area contributed by atoms with Crippen molar-refractivity contribution < 1.29 is 50.2 Å². The first kappa shape index (κ1) is 30.7. The van der Waals surface area contributed by atoms with E-state index in [1.54, 1.807) is 4.90 Å². The third-order valence-corrected chi connectivity index (χ3v) is 6.03. The summed E-state index contributed by atoms with van der Waals surface area (Å²) in [5.41, 5.74) is 1.35. The van der Waals surface area contributed by atoms with E-state index >= 15 is 0 Å². The number of carbonyl (C=O) groups is 2. The zero-order chi connectivity index (χ0) is 29.6. The molecule has 1 amide bonds. The summed E-state index contributed by atoms with van der Waals surface area (Å²) in [6.45, 7) is 2.74. The van der Waals surface area contributed by atoms with Crippen molar-refractivity contribution in [2.45, 2.75) is 51.4 Å². The SMILES string of the molecule is CC(=O)N1CCc2nc(N3CCC(Oc4ccc(F)cc4F)CC3)c(NCC(F)F)nc2C1.O=C(O)C(F)(F)F. The van der Waals surface area contributed by atoms with Gasteiger partial charge in [-0.2, -0.15) is 13.2 Å². The van der Waals surface area contributed by atoms with Crippen LogP contribution in [0.5, 0.6) is 5.75 Å². The molecule has 2 aromatic rings. The standard InChI is InChI=1S/C22H25F4N5O2.C2HF3O2/c1-13(32)31-9-6-17-18(12-31)28-21(27-11-20(25)26)22(29-17)30-7-4-15(5-8-30)33-19-3-2-14(23)10-16(19)24;3-2(4,5)1(6)7/h2-3,10,15,20H,4-9,11-12H2,1H3,(H,27,28);(H,6,7). The van der Waals surface area contributed by atoms with Crippen molar-refractivity contribution in [3.63, 3.8) is 0 Å². The van der Waals surface area contributed by atoms with E-state index in [2.05, 4.69) is 10.3 Å². The van der Waals surface area contributed by atoms with Crippen LogP contribution in [-0.2, 0) is 22.6 Å². The number of nitrogens with one attached hydrogen (secondary N) is 1. The van der Waals surface area contributed by atoms with E-state index in [0.29, 0.717) is 57.0 Å². The van der Waals surface area contributed by atoms with E-state index in [4.69, 9.17) is 19.6 Å². The van der Waals surface area contributed by atoms with Gasteiger partial charge in [0.05, 0.1) is 24.5 Å². The lowest BCUT2D eigenvalue weighted by molar-refractivity contribution is -0.192. The van der Waals surface area contributed by atoms with Crippen molar-refractivity contribution in [3.8, 4) is 5.75 Å². The average Bonchev–Trinajstić information content (AvgIpc) is 2.88. The third kappa shape index (κ3) is 8.32. The van der Waals surface area contributed by atoms with Crippen molar-refractivity contribution in [2.75, 3.05) is 36.4 Å². The number of nitrogens with zero attached hydrogens (tertiary/aromatic N) is 4. The number of carboxylic acid groups (broad SMARTS) is 1. The van der Waals surface area contributed by atoms with E-state index in [1.165, 1.54) is 13.0 Å². The fourth-order valence-corrected chi connectivity index (χ4v) is 4.04. The van der Waals surface area contributed by atoms with E-state index in [0.717, 1.165) is 17.8 Å². The van der Waals surface area contributed by atoms with E-state index in [1.807, 2.05) is 4.90 Å². The topological polar surface area (TPSA) is 108 Å². The lowest BCUT2D eigenvalue weighted by Gasteiger charge is -2.35. The highest BCUT2D eigenvalue weighted by molar-refractivity contribution is 5.74. The molecule has 1 fully saturated rings. The number of carboxylic acids is 1. The number of carbonyl (C=O) groups excluding carboxylic acids is 1. The molecule has 1 saturated heterocycles. The molecular formula is C24H26F7N5O4.